The van der Waals surface area contributed by atoms with E-state index in [4.69, 9.17) is 27.9 Å². The maximum absolute atomic E-state index is 12.2. The van der Waals surface area contributed by atoms with E-state index in [-0.39, 0.29) is 14.9 Å². The standard InChI is InChI=1S/C13H20Cl2N2O3S/c1-4-20-12-8-11(15)13(9-10(12)14)21(18,19)16-6-5-7-17(2)3/h8-9,16H,4-7H2,1-3H3. The molecule has 0 heterocycles. The number of nitrogens with zero attached hydrogens (tertiary/aromatic N) is 1. The van der Waals surface area contributed by atoms with Crippen LogP contribution in [0.1, 0.15) is 13.3 Å². The van der Waals surface area contributed by atoms with Crippen LogP contribution in [0.4, 0.5) is 0 Å². The average Bonchev–Trinajstić information content (AvgIpc) is 2.38. The van der Waals surface area contributed by atoms with E-state index in [9.17, 15) is 8.42 Å². The minimum absolute atomic E-state index is 0.0394. The van der Waals surface area contributed by atoms with Gasteiger partial charge in [-0.1, -0.05) is 23.2 Å². The molecule has 0 saturated carbocycles. The number of halogens is 2. The van der Waals surface area contributed by atoms with Gasteiger partial charge in [0.25, 0.3) is 0 Å². The highest BCUT2D eigenvalue weighted by atomic mass is 35.5. The number of hydrogen-bond acceptors (Lipinski definition) is 4. The zero-order valence-corrected chi connectivity index (χ0v) is 14.6. The summed E-state index contributed by atoms with van der Waals surface area (Å²) in [4.78, 5) is 1.94. The minimum atomic E-state index is -3.68. The Bertz CT molecular complexity index is 577. The van der Waals surface area contributed by atoms with Crippen molar-refractivity contribution in [2.45, 2.75) is 18.2 Å². The van der Waals surface area contributed by atoms with Gasteiger partial charge in [-0.15, -0.1) is 0 Å². The van der Waals surface area contributed by atoms with E-state index in [0.29, 0.717) is 25.3 Å². The third-order valence-corrected chi connectivity index (χ3v) is 4.87. The molecule has 0 radical (unpaired) electrons. The summed E-state index contributed by atoms with van der Waals surface area (Å²) in [6.07, 6.45) is 0.703. The minimum Gasteiger partial charge on any atom is -0.492 e. The third-order valence-electron chi connectivity index (χ3n) is 2.65. The molecule has 21 heavy (non-hydrogen) atoms. The van der Waals surface area contributed by atoms with Gasteiger partial charge in [-0.3, -0.25) is 0 Å². The molecular formula is C13H20Cl2N2O3S. The van der Waals surface area contributed by atoms with Crippen molar-refractivity contribution < 1.29 is 13.2 Å². The van der Waals surface area contributed by atoms with Crippen LogP contribution in [0.3, 0.4) is 0 Å². The number of sulfonamides is 1. The van der Waals surface area contributed by atoms with Crippen LogP contribution in [0.15, 0.2) is 17.0 Å². The maximum Gasteiger partial charge on any atom is 0.242 e. The Kier molecular flexibility index (Phi) is 7.23. The number of nitrogens with one attached hydrogen (secondary N) is 1. The summed E-state index contributed by atoms with van der Waals surface area (Å²) in [6.45, 7) is 3.36. The van der Waals surface area contributed by atoms with Gasteiger partial charge in [0.2, 0.25) is 10.0 Å². The number of ether oxygens (including phenoxy) is 1. The van der Waals surface area contributed by atoms with Crippen molar-refractivity contribution >= 4 is 33.2 Å². The molecule has 120 valence electrons. The molecule has 0 spiro atoms. The van der Waals surface area contributed by atoms with Crippen molar-refractivity contribution in [2.75, 3.05) is 33.8 Å². The lowest BCUT2D eigenvalue weighted by Crippen LogP contribution is -2.27. The Morgan fingerprint density at radius 3 is 2.48 bits per heavy atom. The van der Waals surface area contributed by atoms with Crippen LogP contribution < -0.4 is 9.46 Å². The van der Waals surface area contributed by atoms with E-state index in [0.717, 1.165) is 6.54 Å². The first-order chi connectivity index (χ1) is 9.77. The Labute approximate surface area is 136 Å². The van der Waals surface area contributed by atoms with Crippen LogP contribution in [0.2, 0.25) is 10.0 Å². The van der Waals surface area contributed by atoms with E-state index in [1.165, 1.54) is 12.1 Å². The number of rotatable bonds is 8. The van der Waals surface area contributed by atoms with Gasteiger partial charge in [0.15, 0.2) is 0 Å². The SMILES string of the molecule is CCOc1cc(Cl)c(S(=O)(=O)NCCCN(C)C)cc1Cl. The van der Waals surface area contributed by atoms with E-state index in [2.05, 4.69) is 4.72 Å². The van der Waals surface area contributed by atoms with Crippen LogP contribution in [0.5, 0.6) is 5.75 Å². The second kappa shape index (κ2) is 8.19. The normalized spacial score (nSPS) is 11.9. The first-order valence-corrected chi connectivity index (χ1v) is 8.78. The van der Waals surface area contributed by atoms with Gasteiger partial charge >= 0.3 is 0 Å². The van der Waals surface area contributed by atoms with Crippen molar-refractivity contribution in [3.05, 3.63) is 22.2 Å². The lowest BCUT2D eigenvalue weighted by atomic mass is 10.3. The fourth-order valence-corrected chi connectivity index (χ4v) is 3.56. The molecule has 1 rings (SSSR count). The topological polar surface area (TPSA) is 58.6 Å². The first-order valence-electron chi connectivity index (χ1n) is 6.54. The highest BCUT2D eigenvalue weighted by Crippen LogP contribution is 2.33. The fraction of sp³-hybridized carbons (Fsp3) is 0.538. The number of benzene rings is 1. The van der Waals surface area contributed by atoms with Gasteiger partial charge in [-0.25, -0.2) is 13.1 Å². The van der Waals surface area contributed by atoms with Crippen molar-refractivity contribution in [3.63, 3.8) is 0 Å². The molecule has 0 bridgehead atoms. The molecule has 1 aromatic carbocycles. The summed E-state index contributed by atoms with van der Waals surface area (Å²) in [6, 6.07) is 2.73. The molecule has 0 aliphatic carbocycles. The summed E-state index contributed by atoms with van der Waals surface area (Å²) < 4.78 is 32.2. The fourth-order valence-electron chi connectivity index (χ4n) is 1.66. The van der Waals surface area contributed by atoms with Crippen molar-refractivity contribution in [1.82, 2.24) is 9.62 Å². The molecule has 0 aliphatic heterocycles. The van der Waals surface area contributed by atoms with E-state index in [1.54, 1.807) is 6.92 Å². The van der Waals surface area contributed by atoms with E-state index in [1.807, 2.05) is 19.0 Å². The molecule has 0 fully saturated rings. The van der Waals surface area contributed by atoms with Gasteiger partial charge in [-0.05, 0) is 40.1 Å². The van der Waals surface area contributed by atoms with Crippen LogP contribution >= 0.6 is 23.2 Å². The quantitative estimate of drug-likeness (QED) is 0.729. The van der Waals surface area contributed by atoms with Crippen LogP contribution in [-0.4, -0.2) is 47.1 Å². The van der Waals surface area contributed by atoms with Crippen molar-refractivity contribution in [3.8, 4) is 5.75 Å². The lowest BCUT2D eigenvalue weighted by molar-refractivity contribution is 0.340. The summed E-state index contributed by atoms with van der Waals surface area (Å²) in [5, 5.41) is 0.304. The van der Waals surface area contributed by atoms with E-state index < -0.39 is 10.0 Å². The number of hydrogen-bond donors (Lipinski definition) is 1. The van der Waals surface area contributed by atoms with Gasteiger partial charge in [0.05, 0.1) is 16.7 Å². The zero-order chi connectivity index (χ0) is 16.0. The monoisotopic (exact) mass is 354 g/mol. The Hall–Kier alpha value is -0.530. The average molecular weight is 355 g/mol. The second-order valence-corrected chi connectivity index (χ2v) is 7.25. The lowest BCUT2D eigenvalue weighted by Gasteiger charge is -2.13. The third kappa shape index (κ3) is 5.64. The summed E-state index contributed by atoms with van der Waals surface area (Å²) in [5.74, 6) is 0.371. The van der Waals surface area contributed by atoms with Gasteiger partial charge in [-0.2, -0.15) is 0 Å². The Morgan fingerprint density at radius 1 is 1.24 bits per heavy atom. The molecule has 0 amide bonds. The maximum atomic E-state index is 12.2. The van der Waals surface area contributed by atoms with Gasteiger partial charge in [0.1, 0.15) is 10.6 Å². The molecule has 8 heteroatoms. The molecule has 1 N–H and O–H groups in total. The van der Waals surface area contributed by atoms with Crippen molar-refractivity contribution in [1.29, 1.82) is 0 Å². The predicted octanol–water partition coefficient (Wildman–Crippen LogP) is 2.62. The molecule has 5 nitrogen and oxygen atoms in total. The van der Waals surface area contributed by atoms with Crippen LogP contribution in [-0.2, 0) is 10.0 Å². The van der Waals surface area contributed by atoms with Crippen LogP contribution in [0, 0.1) is 0 Å². The molecule has 0 aromatic heterocycles. The zero-order valence-electron chi connectivity index (χ0n) is 12.3. The first kappa shape index (κ1) is 18.5. The highest BCUT2D eigenvalue weighted by molar-refractivity contribution is 7.89. The summed E-state index contributed by atoms with van der Waals surface area (Å²) in [5.41, 5.74) is 0. The van der Waals surface area contributed by atoms with Gasteiger partial charge in [0, 0.05) is 12.6 Å². The smallest absolute Gasteiger partial charge is 0.242 e. The largest absolute Gasteiger partial charge is 0.492 e. The molecule has 0 unspecified atom stereocenters. The summed E-state index contributed by atoms with van der Waals surface area (Å²) >= 11 is 12.0. The molecule has 1 aromatic rings. The predicted molar refractivity (Wildman–Crippen MR) is 86.0 cm³/mol. The van der Waals surface area contributed by atoms with E-state index >= 15 is 0 Å². The Balaban J connectivity index is 2.86. The van der Waals surface area contributed by atoms with Crippen molar-refractivity contribution in [2.24, 2.45) is 0 Å². The molecular weight excluding hydrogens is 335 g/mol. The molecule has 0 atom stereocenters. The molecule has 0 aliphatic rings. The Morgan fingerprint density at radius 2 is 1.90 bits per heavy atom. The van der Waals surface area contributed by atoms with Crippen LogP contribution in [0.25, 0.3) is 0 Å². The second-order valence-electron chi connectivity index (χ2n) is 4.70. The van der Waals surface area contributed by atoms with Gasteiger partial charge < -0.3 is 9.64 Å². The molecule has 0 saturated heterocycles. The highest BCUT2D eigenvalue weighted by Gasteiger charge is 2.20. The summed E-state index contributed by atoms with van der Waals surface area (Å²) in [7, 11) is 0.173.